The molecule has 0 amide bonds. The van der Waals surface area contributed by atoms with E-state index in [2.05, 4.69) is 67.3 Å². The summed E-state index contributed by atoms with van der Waals surface area (Å²) >= 11 is 0. The molecule has 2 aromatic carbocycles. The molecule has 3 rings (SSSR count). The van der Waals surface area contributed by atoms with Gasteiger partial charge in [-0.05, 0) is 59.8 Å². The topological polar surface area (TPSA) is 9.23 Å². The van der Waals surface area contributed by atoms with Crippen molar-refractivity contribution in [1.29, 1.82) is 0 Å². The van der Waals surface area contributed by atoms with Crippen LogP contribution in [0.1, 0.15) is 53.9 Å². The molecule has 1 aliphatic rings. The Morgan fingerprint density at radius 2 is 1.56 bits per heavy atom. The first-order chi connectivity index (χ1) is 12.3. The van der Waals surface area contributed by atoms with E-state index < -0.39 is 0 Å². The summed E-state index contributed by atoms with van der Waals surface area (Å²) in [4.78, 5) is 0. The van der Waals surface area contributed by atoms with Gasteiger partial charge in [-0.1, -0.05) is 73.3 Å². The van der Waals surface area contributed by atoms with E-state index >= 15 is 0 Å². The Morgan fingerprint density at radius 1 is 0.920 bits per heavy atom. The van der Waals surface area contributed by atoms with Crippen LogP contribution in [0.5, 0.6) is 0 Å². The van der Waals surface area contributed by atoms with E-state index in [1.165, 1.54) is 47.9 Å². The second-order valence-corrected chi connectivity index (χ2v) is 7.02. The summed E-state index contributed by atoms with van der Waals surface area (Å²) in [6.45, 7) is 4.50. The van der Waals surface area contributed by atoms with Crippen molar-refractivity contribution in [2.45, 2.75) is 38.2 Å². The van der Waals surface area contributed by atoms with E-state index in [-0.39, 0.29) is 0 Å². The third-order valence-electron chi connectivity index (χ3n) is 5.27. The maximum atomic E-state index is 5.19. The predicted molar refractivity (Wildman–Crippen MR) is 107 cm³/mol. The van der Waals surface area contributed by atoms with E-state index in [4.69, 9.17) is 4.74 Å². The van der Waals surface area contributed by atoms with Gasteiger partial charge in [-0.2, -0.15) is 0 Å². The number of rotatable bonds is 6. The molecule has 130 valence electrons. The maximum absolute atomic E-state index is 5.19. The van der Waals surface area contributed by atoms with Crippen molar-refractivity contribution >= 4 is 12.2 Å². The normalized spacial score (nSPS) is 20.7. The molecule has 1 nitrogen and oxygen atoms in total. The Morgan fingerprint density at radius 3 is 2.16 bits per heavy atom. The lowest BCUT2D eigenvalue weighted by Crippen LogP contribution is -2.11. The molecule has 0 saturated heterocycles. The standard InChI is InChI=1S/C24H28O/c1-3-19-4-6-20(7-5-19)8-9-21-10-14-23(15-11-21)24-16-12-22(13-17-24)18-25-2/h3-9,12-13,16-17,21,23H,1,10-11,14-15,18H2,2H3. The summed E-state index contributed by atoms with van der Waals surface area (Å²) in [6, 6.07) is 17.6. The summed E-state index contributed by atoms with van der Waals surface area (Å²) in [7, 11) is 1.75. The smallest absolute Gasteiger partial charge is 0.0713 e. The SMILES string of the molecule is C=Cc1ccc(C=CC2CCC(c3ccc(COC)cc3)CC2)cc1. The second kappa shape index (κ2) is 8.82. The minimum absolute atomic E-state index is 0.700. The van der Waals surface area contributed by atoms with E-state index in [0.717, 1.165) is 0 Å². The molecule has 0 unspecified atom stereocenters. The molecule has 0 atom stereocenters. The first kappa shape index (κ1) is 17.7. The maximum Gasteiger partial charge on any atom is 0.0713 e. The van der Waals surface area contributed by atoms with Crippen molar-refractivity contribution in [1.82, 2.24) is 0 Å². The number of ether oxygens (including phenoxy) is 1. The van der Waals surface area contributed by atoms with E-state index in [0.29, 0.717) is 18.4 Å². The predicted octanol–water partition coefficient (Wildman–Crippen LogP) is 6.46. The van der Waals surface area contributed by atoms with Gasteiger partial charge in [0.1, 0.15) is 0 Å². The summed E-state index contributed by atoms with van der Waals surface area (Å²) in [6.07, 6.45) is 11.7. The van der Waals surface area contributed by atoms with Gasteiger partial charge in [-0.3, -0.25) is 0 Å². The highest BCUT2D eigenvalue weighted by Crippen LogP contribution is 2.36. The highest BCUT2D eigenvalue weighted by molar-refractivity contribution is 5.54. The number of allylic oxidation sites excluding steroid dienone is 1. The Kier molecular flexibility index (Phi) is 6.25. The van der Waals surface area contributed by atoms with Gasteiger partial charge in [0.2, 0.25) is 0 Å². The van der Waals surface area contributed by atoms with Gasteiger partial charge in [-0.25, -0.2) is 0 Å². The van der Waals surface area contributed by atoms with Crippen molar-refractivity contribution in [2.75, 3.05) is 7.11 Å². The fourth-order valence-corrected chi connectivity index (χ4v) is 3.69. The van der Waals surface area contributed by atoms with Gasteiger partial charge in [0.25, 0.3) is 0 Å². The molecule has 2 aromatic rings. The molecule has 1 heteroatoms. The van der Waals surface area contributed by atoms with Gasteiger partial charge in [0.15, 0.2) is 0 Å². The van der Waals surface area contributed by atoms with Crippen LogP contribution in [-0.2, 0) is 11.3 Å². The largest absolute Gasteiger partial charge is 0.380 e. The third-order valence-corrected chi connectivity index (χ3v) is 5.27. The van der Waals surface area contributed by atoms with Crippen molar-refractivity contribution in [3.8, 4) is 0 Å². The zero-order valence-electron chi connectivity index (χ0n) is 15.2. The quantitative estimate of drug-likeness (QED) is 0.589. The van der Waals surface area contributed by atoms with Crippen LogP contribution in [0.2, 0.25) is 0 Å². The highest BCUT2D eigenvalue weighted by atomic mass is 16.5. The number of hydrogen-bond donors (Lipinski definition) is 0. The molecule has 0 aromatic heterocycles. The van der Waals surface area contributed by atoms with Crippen LogP contribution in [-0.4, -0.2) is 7.11 Å². The molecule has 0 radical (unpaired) electrons. The third kappa shape index (κ3) is 4.93. The van der Waals surface area contributed by atoms with Crippen LogP contribution in [0, 0.1) is 5.92 Å². The van der Waals surface area contributed by atoms with Crippen molar-refractivity contribution in [3.63, 3.8) is 0 Å². The molecule has 0 heterocycles. The van der Waals surface area contributed by atoms with Crippen LogP contribution < -0.4 is 0 Å². The zero-order valence-corrected chi connectivity index (χ0v) is 15.2. The number of benzene rings is 2. The van der Waals surface area contributed by atoms with E-state index in [1.54, 1.807) is 7.11 Å². The Balaban J connectivity index is 1.52. The minimum atomic E-state index is 0.700. The van der Waals surface area contributed by atoms with Crippen LogP contribution in [0.3, 0.4) is 0 Å². The molecule has 1 aliphatic carbocycles. The molecule has 25 heavy (non-hydrogen) atoms. The van der Waals surface area contributed by atoms with Gasteiger partial charge in [0.05, 0.1) is 6.61 Å². The zero-order chi connectivity index (χ0) is 17.5. The molecule has 0 bridgehead atoms. The lowest BCUT2D eigenvalue weighted by molar-refractivity contribution is 0.185. The lowest BCUT2D eigenvalue weighted by Gasteiger charge is -2.27. The second-order valence-electron chi connectivity index (χ2n) is 7.02. The Hall–Kier alpha value is -2.12. The Bertz CT molecular complexity index is 686. The first-order valence-electron chi connectivity index (χ1n) is 9.27. The molecule has 0 aliphatic heterocycles. The first-order valence-corrected chi connectivity index (χ1v) is 9.27. The van der Waals surface area contributed by atoms with Gasteiger partial charge >= 0.3 is 0 Å². The fraction of sp³-hybridized carbons (Fsp3) is 0.333. The fourth-order valence-electron chi connectivity index (χ4n) is 3.69. The number of methoxy groups -OCH3 is 1. The highest BCUT2D eigenvalue weighted by Gasteiger charge is 2.20. The van der Waals surface area contributed by atoms with Crippen LogP contribution in [0.25, 0.3) is 12.2 Å². The van der Waals surface area contributed by atoms with Crippen LogP contribution in [0.15, 0.2) is 61.2 Å². The van der Waals surface area contributed by atoms with Gasteiger partial charge in [-0.15, -0.1) is 0 Å². The van der Waals surface area contributed by atoms with E-state index in [9.17, 15) is 0 Å². The van der Waals surface area contributed by atoms with Gasteiger partial charge in [0, 0.05) is 7.11 Å². The molecule has 1 fully saturated rings. The number of hydrogen-bond acceptors (Lipinski definition) is 1. The van der Waals surface area contributed by atoms with Crippen molar-refractivity contribution in [3.05, 3.63) is 83.4 Å². The average molecular weight is 332 g/mol. The molecule has 0 spiro atoms. The van der Waals surface area contributed by atoms with Gasteiger partial charge < -0.3 is 4.74 Å². The summed E-state index contributed by atoms with van der Waals surface area (Å²) in [5, 5.41) is 0. The van der Waals surface area contributed by atoms with Crippen molar-refractivity contribution in [2.24, 2.45) is 5.92 Å². The molecular weight excluding hydrogens is 304 g/mol. The van der Waals surface area contributed by atoms with Crippen molar-refractivity contribution < 1.29 is 4.74 Å². The molecule has 0 N–H and O–H groups in total. The average Bonchev–Trinajstić information content (AvgIpc) is 2.68. The lowest BCUT2D eigenvalue weighted by atomic mass is 9.78. The van der Waals surface area contributed by atoms with E-state index in [1.807, 2.05) is 6.08 Å². The molecular formula is C24H28O. The minimum Gasteiger partial charge on any atom is -0.380 e. The summed E-state index contributed by atoms with van der Waals surface area (Å²) in [5.41, 5.74) is 5.20. The Labute approximate surface area is 152 Å². The monoisotopic (exact) mass is 332 g/mol. The van der Waals surface area contributed by atoms with Crippen LogP contribution in [0.4, 0.5) is 0 Å². The van der Waals surface area contributed by atoms with Crippen LogP contribution >= 0.6 is 0 Å². The summed E-state index contributed by atoms with van der Waals surface area (Å²) in [5.74, 6) is 1.43. The summed E-state index contributed by atoms with van der Waals surface area (Å²) < 4.78 is 5.19. The molecule has 1 saturated carbocycles.